The summed E-state index contributed by atoms with van der Waals surface area (Å²) in [5.74, 6) is 0.640. The molecule has 3 aromatic heterocycles. The molecule has 8 nitrogen and oxygen atoms in total. The van der Waals surface area contributed by atoms with E-state index in [2.05, 4.69) is 33.8 Å². The number of hydrogen-bond donors (Lipinski definition) is 2. The van der Waals surface area contributed by atoms with E-state index in [1.54, 1.807) is 11.3 Å². The summed E-state index contributed by atoms with van der Waals surface area (Å²) in [5.41, 5.74) is 0. The maximum absolute atomic E-state index is 13.2. The molecular formula is C18H21F3N8S. The number of aromatic nitrogens is 5. The van der Waals surface area contributed by atoms with Gasteiger partial charge >= 0.3 is 6.18 Å². The van der Waals surface area contributed by atoms with Gasteiger partial charge in [-0.3, -0.25) is 0 Å². The molecule has 0 bridgehead atoms. The number of anilines is 2. The molecule has 2 aliphatic rings. The van der Waals surface area contributed by atoms with Gasteiger partial charge in [0.1, 0.15) is 10.6 Å². The van der Waals surface area contributed by atoms with Crippen molar-refractivity contribution in [3.8, 4) is 0 Å². The van der Waals surface area contributed by atoms with Crippen LogP contribution in [0.1, 0.15) is 29.9 Å². The largest absolute Gasteiger partial charge is 0.451 e. The monoisotopic (exact) mass is 438 g/mol. The zero-order valence-corrected chi connectivity index (χ0v) is 17.1. The number of fused-ring (bicyclic) bond motifs is 2. The number of nitrogens with zero attached hydrogens (tertiary/aromatic N) is 6. The molecule has 5 heterocycles. The highest BCUT2D eigenvalue weighted by Gasteiger charge is 2.39. The zero-order chi connectivity index (χ0) is 20.9. The topological polar surface area (TPSA) is 83.8 Å². The third-order valence-electron chi connectivity index (χ3n) is 5.34. The highest BCUT2D eigenvalue weighted by atomic mass is 32.1. The molecule has 0 aliphatic carbocycles. The number of alkyl halides is 3. The summed E-state index contributed by atoms with van der Waals surface area (Å²) < 4.78 is 40.6. The van der Waals surface area contributed by atoms with E-state index in [9.17, 15) is 13.2 Å². The van der Waals surface area contributed by atoms with E-state index < -0.39 is 12.0 Å². The Morgan fingerprint density at radius 1 is 1.23 bits per heavy atom. The molecule has 1 fully saturated rings. The van der Waals surface area contributed by atoms with Gasteiger partial charge < -0.3 is 20.1 Å². The molecule has 0 amide bonds. The van der Waals surface area contributed by atoms with Gasteiger partial charge in [0.2, 0.25) is 11.8 Å². The number of hydrogen-bond acceptors (Lipinski definition) is 8. The predicted octanol–water partition coefficient (Wildman–Crippen LogP) is 2.66. The highest BCUT2D eigenvalue weighted by molar-refractivity contribution is 7.18. The second-order valence-corrected chi connectivity index (χ2v) is 8.68. The van der Waals surface area contributed by atoms with Crippen LogP contribution in [0.25, 0.3) is 10.2 Å². The number of thiophene rings is 1. The summed E-state index contributed by atoms with van der Waals surface area (Å²) in [5, 5.41) is 14.7. The van der Waals surface area contributed by atoms with Gasteiger partial charge in [0.15, 0.2) is 5.82 Å². The quantitative estimate of drug-likeness (QED) is 0.634. The number of nitrogens with one attached hydrogen (secondary N) is 2. The molecule has 30 heavy (non-hydrogen) atoms. The van der Waals surface area contributed by atoms with Gasteiger partial charge in [-0.25, -0.2) is 4.98 Å². The molecule has 2 aliphatic heterocycles. The lowest BCUT2D eigenvalue weighted by molar-refractivity contribution is -0.147. The Bertz CT molecular complexity index is 1070. The molecule has 0 spiro atoms. The minimum Gasteiger partial charge on any atom is -0.349 e. The molecule has 12 heteroatoms. The first-order valence-electron chi connectivity index (χ1n) is 9.94. The molecule has 0 saturated carbocycles. The summed E-state index contributed by atoms with van der Waals surface area (Å²) in [6.07, 6.45) is -2.52. The van der Waals surface area contributed by atoms with E-state index in [-0.39, 0.29) is 19.1 Å². The van der Waals surface area contributed by atoms with E-state index in [0.717, 1.165) is 46.5 Å². The molecular weight excluding hydrogens is 417 g/mol. The van der Waals surface area contributed by atoms with Crippen molar-refractivity contribution < 1.29 is 13.2 Å². The normalized spacial score (nSPS) is 17.3. The van der Waals surface area contributed by atoms with Crippen molar-refractivity contribution in [3.05, 3.63) is 22.6 Å². The van der Waals surface area contributed by atoms with E-state index >= 15 is 0 Å². The van der Waals surface area contributed by atoms with Crippen LogP contribution in [0.15, 0.2) is 6.07 Å². The zero-order valence-electron chi connectivity index (χ0n) is 16.3. The summed E-state index contributed by atoms with van der Waals surface area (Å²) in [6.45, 7) is 4.61. The fourth-order valence-electron chi connectivity index (χ4n) is 3.75. The molecule has 3 aromatic rings. The second-order valence-electron chi connectivity index (χ2n) is 7.56. The predicted molar refractivity (Wildman–Crippen MR) is 108 cm³/mol. The fourth-order valence-corrected chi connectivity index (χ4v) is 4.88. The first-order chi connectivity index (χ1) is 14.4. The first kappa shape index (κ1) is 19.5. The Labute approximate surface area is 174 Å². The van der Waals surface area contributed by atoms with Crippen molar-refractivity contribution >= 4 is 33.3 Å². The maximum Gasteiger partial charge on any atom is 0.451 e. The van der Waals surface area contributed by atoms with Crippen molar-refractivity contribution in [2.24, 2.45) is 0 Å². The Morgan fingerprint density at radius 2 is 2.07 bits per heavy atom. The molecule has 5 rings (SSSR count). The standard InChI is InChI=1S/C18H21F3N8S/c1-2-3-11-6-12-14(24-17(25-15(12)30-11)23-10-7-22-8-10)28-4-5-29-13(9-28)26-27-16(29)18(19,20)21/h6,10,22H,2-5,7-9H2,1H3,(H,23,24,25). The van der Waals surface area contributed by atoms with Crippen LogP contribution in [0.3, 0.4) is 0 Å². The van der Waals surface area contributed by atoms with Gasteiger partial charge in [0.05, 0.1) is 18.0 Å². The van der Waals surface area contributed by atoms with E-state index in [1.165, 1.54) is 4.88 Å². The SMILES string of the molecule is CCCc1cc2c(N3CCn4c(nnc4C(F)(F)F)C3)nc(NC3CNC3)nc2s1. The van der Waals surface area contributed by atoms with Gasteiger partial charge in [-0.1, -0.05) is 13.3 Å². The van der Waals surface area contributed by atoms with Crippen LogP contribution in [-0.2, 0) is 25.7 Å². The van der Waals surface area contributed by atoms with E-state index in [1.807, 2.05) is 4.90 Å². The second kappa shape index (κ2) is 7.34. The average Bonchev–Trinajstić information content (AvgIpc) is 3.27. The average molecular weight is 438 g/mol. The van der Waals surface area contributed by atoms with Crippen molar-refractivity contribution in [3.63, 3.8) is 0 Å². The number of rotatable bonds is 5. The number of halogens is 3. The van der Waals surface area contributed by atoms with Gasteiger partial charge in [0.25, 0.3) is 0 Å². The van der Waals surface area contributed by atoms with Crippen LogP contribution >= 0.6 is 11.3 Å². The highest BCUT2D eigenvalue weighted by Crippen LogP contribution is 2.35. The van der Waals surface area contributed by atoms with Crippen LogP contribution < -0.4 is 15.5 Å². The molecule has 0 radical (unpaired) electrons. The minimum absolute atomic E-state index is 0.157. The molecule has 2 N–H and O–H groups in total. The fraction of sp³-hybridized carbons (Fsp3) is 0.556. The van der Waals surface area contributed by atoms with Gasteiger partial charge in [-0.2, -0.15) is 18.2 Å². The molecule has 0 atom stereocenters. The van der Waals surface area contributed by atoms with E-state index in [0.29, 0.717) is 18.3 Å². The lowest BCUT2D eigenvalue weighted by Gasteiger charge is -2.31. The third-order valence-corrected chi connectivity index (χ3v) is 6.43. The van der Waals surface area contributed by atoms with Gasteiger partial charge in [-0.05, 0) is 12.5 Å². The molecule has 1 saturated heterocycles. The molecule has 160 valence electrons. The number of aryl methyl sites for hydroxylation is 1. The lowest BCUT2D eigenvalue weighted by atomic mass is 10.2. The summed E-state index contributed by atoms with van der Waals surface area (Å²) in [7, 11) is 0. The maximum atomic E-state index is 13.2. The Kier molecular flexibility index (Phi) is 4.77. The van der Waals surface area contributed by atoms with Crippen LogP contribution in [0, 0.1) is 0 Å². The summed E-state index contributed by atoms with van der Waals surface area (Å²) in [6, 6.07) is 2.39. The van der Waals surface area contributed by atoms with Crippen molar-refractivity contribution in [2.75, 3.05) is 29.9 Å². The van der Waals surface area contributed by atoms with Gasteiger partial charge in [0, 0.05) is 31.1 Å². The summed E-state index contributed by atoms with van der Waals surface area (Å²) in [4.78, 5) is 13.5. The van der Waals surface area contributed by atoms with E-state index in [4.69, 9.17) is 9.97 Å². The minimum atomic E-state index is -4.51. The van der Waals surface area contributed by atoms with Crippen LogP contribution in [0.4, 0.5) is 24.9 Å². The van der Waals surface area contributed by atoms with Crippen LogP contribution in [-0.4, -0.2) is 50.4 Å². The lowest BCUT2D eigenvalue weighted by Crippen LogP contribution is -2.51. The van der Waals surface area contributed by atoms with Crippen molar-refractivity contribution in [2.45, 2.75) is 45.1 Å². The third kappa shape index (κ3) is 3.47. The smallest absolute Gasteiger partial charge is 0.349 e. The summed E-state index contributed by atoms with van der Waals surface area (Å²) >= 11 is 1.64. The molecule has 0 unspecified atom stereocenters. The Morgan fingerprint density at radius 3 is 2.77 bits per heavy atom. The van der Waals surface area contributed by atoms with Crippen LogP contribution in [0.5, 0.6) is 0 Å². The first-order valence-corrected chi connectivity index (χ1v) is 10.8. The Balaban J connectivity index is 1.51. The molecule has 0 aromatic carbocycles. The van der Waals surface area contributed by atoms with Gasteiger partial charge in [-0.15, -0.1) is 21.5 Å². The Hall–Kier alpha value is -2.47. The van der Waals surface area contributed by atoms with Crippen LogP contribution in [0.2, 0.25) is 0 Å². The van der Waals surface area contributed by atoms with Crippen molar-refractivity contribution in [1.29, 1.82) is 0 Å². The van der Waals surface area contributed by atoms with Crippen molar-refractivity contribution in [1.82, 2.24) is 30.0 Å².